The summed E-state index contributed by atoms with van der Waals surface area (Å²) in [6, 6.07) is 4.55. The Bertz CT molecular complexity index is 392. The fourth-order valence-corrected chi connectivity index (χ4v) is 3.83. The van der Waals surface area contributed by atoms with E-state index in [0.29, 0.717) is 4.75 Å². The summed E-state index contributed by atoms with van der Waals surface area (Å²) in [5.41, 5.74) is 7.48. The van der Waals surface area contributed by atoms with Crippen LogP contribution in [0.25, 0.3) is 0 Å². The Morgan fingerprint density at radius 2 is 2.21 bits per heavy atom. The highest BCUT2D eigenvalue weighted by Crippen LogP contribution is 2.34. The van der Waals surface area contributed by atoms with Crippen LogP contribution >= 0.6 is 11.8 Å². The molecule has 1 aromatic rings. The van der Waals surface area contributed by atoms with Crippen LogP contribution in [-0.4, -0.2) is 39.5 Å². The molecule has 2 unspecified atom stereocenters. The van der Waals surface area contributed by atoms with E-state index in [4.69, 9.17) is 5.73 Å². The molecule has 2 rings (SSSR count). The zero-order chi connectivity index (χ0) is 13.9. The van der Waals surface area contributed by atoms with Gasteiger partial charge in [-0.2, -0.15) is 11.8 Å². The van der Waals surface area contributed by atoms with E-state index in [0.717, 1.165) is 13.1 Å². The third kappa shape index (κ3) is 3.94. The van der Waals surface area contributed by atoms with Crippen LogP contribution in [0.15, 0.2) is 24.5 Å². The van der Waals surface area contributed by atoms with Crippen molar-refractivity contribution in [1.82, 2.24) is 9.88 Å². The fourth-order valence-electron chi connectivity index (χ4n) is 2.71. The summed E-state index contributed by atoms with van der Waals surface area (Å²) in [6.45, 7) is 9.00. The zero-order valence-corrected chi connectivity index (χ0v) is 13.0. The number of nitrogens with two attached hydrogens (primary N) is 1. The Morgan fingerprint density at radius 3 is 2.84 bits per heavy atom. The van der Waals surface area contributed by atoms with Gasteiger partial charge in [0.05, 0.1) is 6.04 Å². The molecule has 1 saturated heterocycles. The lowest BCUT2D eigenvalue weighted by Crippen LogP contribution is -2.41. The molecule has 0 radical (unpaired) electrons. The van der Waals surface area contributed by atoms with E-state index < -0.39 is 0 Å². The Kier molecular flexibility index (Phi) is 4.87. The summed E-state index contributed by atoms with van der Waals surface area (Å²) >= 11 is 2.07. The van der Waals surface area contributed by atoms with Crippen LogP contribution in [0.4, 0.5) is 0 Å². The number of nitrogens with zero attached hydrogens (tertiary/aromatic N) is 2. The van der Waals surface area contributed by atoms with E-state index in [1.807, 2.05) is 18.5 Å². The molecule has 2 heterocycles. The van der Waals surface area contributed by atoms with Crippen molar-refractivity contribution in [1.29, 1.82) is 0 Å². The molecule has 3 nitrogen and oxygen atoms in total. The smallest absolute Gasteiger partial charge is 0.0512 e. The normalized spacial score (nSPS) is 23.6. The summed E-state index contributed by atoms with van der Waals surface area (Å²) in [6.07, 6.45) is 4.99. The van der Waals surface area contributed by atoms with Crippen LogP contribution in [0.1, 0.15) is 38.8 Å². The van der Waals surface area contributed by atoms with Crippen molar-refractivity contribution >= 4 is 11.8 Å². The standard InChI is InChI=1S/C15H25N3S/c1-12(16)14(13-5-4-7-17-11-13)18-8-6-15(2,3)19-10-9-18/h4-5,7,11-12,14H,6,8-10,16H2,1-3H3. The molecule has 1 aromatic heterocycles. The highest BCUT2D eigenvalue weighted by molar-refractivity contribution is 8.00. The van der Waals surface area contributed by atoms with Gasteiger partial charge in [-0.05, 0) is 25.0 Å². The van der Waals surface area contributed by atoms with Crippen LogP contribution in [0.3, 0.4) is 0 Å². The lowest BCUT2D eigenvalue weighted by Gasteiger charge is -2.33. The molecule has 2 atom stereocenters. The quantitative estimate of drug-likeness (QED) is 0.924. The molecule has 1 fully saturated rings. The van der Waals surface area contributed by atoms with Crippen molar-refractivity contribution in [2.24, 2.45) is 5.73 Å². The first-order chi connectivity index (χ1) is 8.99. The van der Waals surface area contributed by atoms with Crippen molar-refractivity contribution in [3.8, 4) is 0 Å². The van der Waals surface area contributed by atoms with E-state index in [9.17, 15) is 0 Å². The zero-order valence-electron chi connectivity index (χ0n) is 12.2. The van der Waals surface area contributed by atoms with Gasteiger partial charge in [-0.3, -0.25) is 9.88 Å². The lowest BCUT2D eigenvalue weighted by molar-refractivity contribution is 0.184. The van der Waals surface area contributed by atoms with Gasteiger partial charge in [0, 0.05) is 42.0 Å². The molecule has 4 heteroatoms. The minimum atomic E-state index is 0.121. The van der Waals surface area contributed by atoms with E-state index in [1.165, 1.54) is 17.7 Å². The monoisotopic (exact) mass is 279 g/mol. The Morgan fingerprint density at radius 1 is 1.42 bits per heavy atom. The van der Waals surface area contributed by atoms with Crippen molar-refractivity contribution in [2.75, 3.05) is 18.8 Å². The maximum atomic E-state index is 6.24. The van der Waals surface area contributed by atoms with Gasteiger partial charge in [0.15, 0.2) is 0 Å². The maximum absolute atomic E-state index is 6.24. The molecular formula is C15H25N3S. The number of thioether (sulfide) groups is 1. The Hall–Kier alpha value is -0.580. The van der Waals surface area contributed by atoms with Crippen LogP contribution in [0.5, 0.6) is 0 Å². The van der Waals surface area contributed by atoms with Gasteiger partial charge in [-0.1, -0.05) is 19.9 Å². The summed E-state index contributed by atoms with van der Waals surface area (Å²) in [5, 5.41) is 0. The maximum Gasteiger partial charge on any atom is 0.0512 e. The van der Waals surface area contributed by atoms with Crippen molar-refractivity contribution in [2.45, 2.75) is 44.0 Å². The molecule has 0 aromatic carbocycles. The molecule has 0 amide bonds. The molecule has 0 aliphatic carbocycles. The minimum Gasteiger partial charge on any atom is -0.326 e. The number of aromatic nitrogens is 1. The summed E-state index contributed by atoms with van der Waals surface area (Å²) in [7, 11) is 0. The van der Waals surface area contributed by atoms with E-state index in [1.54, 1.807) is 0 Å². The van der Waals surface area contributed by atoms with Gasteiger partial charge in [-0.25, -0.2) is 0 Å². The topological polar surface area (TPSA) is 42.1 Å². The van der Waals surface area contributed by atoms with Gasteiger partial charge in [0.1, 0.15) is 0 Å². The largest absolute Gasteiger partial charge is 0.326 e. The van der Waals surface area contributed by atoms with Crippen molar-refractivity contribution in [3.63, 3.8) is 0 Å². The molecule has 2 N–H and O–H groups in total. The molecular weight excluding hydrogens is 254 g/mol. The van der Waals surface area contributed by atoms with Gasteiger partial charge in [0.2, 0.25) is 0 Å². The first-order valence-corrected chi connectivity index (χ1v) is 8.02. The van der Waals surface area contributed by atoms with Gasteiger partial charge in [0.25, 0.3) is 0 Å². The Balaban J connectivity index is 2.16. The van der Waals surface area contributed by atoms with Gasteiger partial charge >= 0.3 is 0 Å². The summed E-state index contributed by atoms with van der Waals surface area (Å²) in [4.78, 5) is 6.78. The van der Waals surface area contributed by atoms with Crippen molar-refractivity contribution < 1.29 is 0 Å². The van der Waals surface area contributed by atoms with Crippen LogP contribution in [-0.2, 0) is 0 Å². The molecule has 106 valence electrons. The molecule has 0 spiro atoms. The fraction of sp³-hybridized carbons (Fsp3) is 0.667. The van der Waals surface area contributed by atoms with Crippen LogP contribution in [0.2, 0.25) is 0 Å². The van der Waals surface area contributed by atoms with Gasteiger partial charge < -0.3 is 5.73 Å². The van der Waals surface area contributed by atoms with Crippen molar-refractivity contribution in [3.05, 3.63) is 30.1 Å². The predicted octanol–water partition coefficient (Wildman–Crippen LogP) is 2.69. The molecule has 19 heavy (non-hydrogen) atoms. The average Bonchev–Trinajstić information content (AvgIpc) is 2.52. The SMILES string of the molecule is CC(N)C(c1cccnc1)N1CCSC(C)(C)CC1. The first-order valence-electron chi connectivity index (χ1n) is 7.03. The number of hydrogen-bond donors (Lipinski definition) is 1. The predicted molar refractivity (Wildman–Crippen MR) is 83.4 cm³/mol. The second-order valence-corrected chi connectivity index (χ2v) is 7.79. The lowest BCUT2D eigenvalue weighted by atomic mass is 9.99. The third-order valence-electron chi connectivity index (χ3n) is 3.79. The highest BCUT2D eigenvalue weighted by atomic mass is 32.2. The molecule has 0 bridgehead atoms. The third-order valence-corrected chi connectivity index (χ3v) is 5.16. The highest BCUT2D eigenvalue weighted by Gasteiger charge is 2.29. The number of pyridine rings is 1. The van der Waals surface area contributed by atoms with E-state index >= 15 is 0 Å². The molecule has 1 aliphatic rings. The second kappa shape index (κ2) is 6.25. The molecule has 0 saturated carbocycles. The Labute approximate surface area is 121 Å². The minimum absolute atomic E-state index is 0.121. The first kappa shape index (κ1) is 14.8. The van der Waals surface area contributed by atoms with Gasteiger partial charge in [-0.15, -0.1) is 0 Å². The summed E-state index contributed by atoms with van der Waals surface area (Å²) < 4.78 is 0.381. The second-order valence-electron chi connectivity index (χ2n) is 5.98. The van der Waals surface area contributed by atoms with Crippen LogP contribution < -0.4 is 5.73 Å². The van der Waals surface area contributed by atoms with E-state index in [2.05, 4.69) is 48.5 Å². The van der Waals surface area contributed by atoms with Crippen LogP contribution in [0, 0.1) is 0 Å². The number of hydrogen-bond acceptors (Lipinski definition) is 4. The number of rotatable bonds is 3. The molecule has 1 aliphatic heterocycles. The average molecular weight is 279 g/mol. The summed E-state index contributed by atoms with van der Waals surface area (Å²) in [5.74, 6) is 1.18. The van der Waals surface area contributed by atoms with E-state index in [-0.39, 0.29) is 12.1 Å².